The molecule has 7 heteroatoms. The number of ether oxygens (including phenoxy) is 1. The van der Waals surface area contributed by atoms with Gasteiger partial charge in [0, 0.05) is 0 Å². The molecule has 6 nitrogen and oxygen atoms in total. The molecule has 58 valence electrons. The third-order valence-electron chi connectivity index (χ3n) is 1.88. The van der Waals surface area contributed by atoms with Gasteiger partial charge >= 0.3 is 17.4 Å². The van der Waals surface area contributed by atoms with Crippen molar-refractivity contribution in [2.24, 2.45) is 5.41 Å². The molecule has 0 bridgehead atoms. The second kappa shape index (κ2) is 1.57. The summed E-state index contributed by atoms with van der Waals surface area (Å²) in [5.74, 6) is -4.31. The van der Waals surface area contributed by atoms with Crippen LogP contribution in [0.25, 0.3) is 0 Å². The van der Waals surface area contributed by atoms with Gasteiger partial charge in [-0.2, -0.15) is 0 Å². The Morgan fingerprint density at radius 3 is 1.75 bits per heavy atom. The highest BCUT2D eigenvalue weighted by Gasteiger charge is 2.78. The number of rotatable bonds is 0. The van der Waals surface area contributed by atoms with E-state index in [9.17, 15) is 19.2 Å². The second-order valence-corrected chi connectivity index (χ2v) is 2.41. The highest BCUT2D eigenvalue weighted by Crippen LogP contribution is 2.41. The molecule has 2 amide bonds. The third-order valence-corrected chi connectivity index (χ3v) is 1.88. The number of amides is 2. The summed E-state index contributed by atoms with van der Waals surface area (Å²) in [5, 5.41) is 0. The normalized spacial score (nSPS) is 25.2. The van der Waals surface area contributed by atoms with Gasteiger partial charge in [-0.3, -0.25) is 9.59 Å². The molecule has 0 atom stereocenters. The number of esters is 2. The zero-order chi connectivity index (χ0) is 9.09. The number of nitrogens with zero attached hydrogens (tertiary/aromatic N) is 1. The number of hydrogen-bond donors (Lipinski definition) is 0. The predicted molar refractivity (Wildman–Crippen MR) is 31.1 cm³/mol. The molecule has 12 heavy (non-hydrogen) atoms. The van der Waals surface area contributed by atoms with E-state index in [2.05, 4.69) is 4.74 Å². The monoisotopic (exact) mass is 165 g/mol. The van der Waals surface area contributed by atoms with Gasteiger partial charge in [0.25, 0.3) is 11.8 Å². The molecule has 1 spiro atoms. The maximum Gasteiger partial charge on any atom is 0.350 e. The zero-order valence-corrected chi connectivity index (χ0v) is 5.57. The van der Waals surface area contributed by atoms with Crippen molar-refractivity contribution in [3.05, 3.63) is 0 Å². The summed E-state index contributed by atoms with van der Waals surface area (Å²) in [4.78, 5) is 43.2. The first-order valence-corrected chi connectivity index (χ1v) is 2.93. The maximum atomic E-state index is 10.9. The van der Waals surface area contributed by atoms with Crippen LogP contribution in [-0.4, -0.2) is 36.5 Å². The van der Waals surface area contributed by atoms with Crippen LogP contribution in [0.2, 0.25) is 0 Å². The first-order valence-electron chi connectivity index (χ1n) is 2.93. The highest BCUT2D eigenvalue weighted by molar-refractivity contribution is 6.55. The Morgan fingerprint density at radius 2 is 1.50 bits per heavy atom. The van der Waals surface area contributed by atoms with Gasteiger partial charge in [-0.05, 0) is 0 Å². The lowest BCUT2D eigenvalue weighted by molar-refractivity contribution is -0.208. The second-order valence-electron chi connectivity index (χ2n) is 2.41. The van der Waals surface area contributed by atoms with Crippen LogP contribution in [0, 0.1) is 5.41 Å². The van der Waals surface area contributed by atoms with Gasteiger partial charge in [-0.25, -0.2) is 9.59 Å². The minimum atomic E-state index is -2.23. The number of hydrogen-bond acceptors (Lipinski definition) is 5. The number of carbonyl (C=O) groups is 4. The number of imide groups is 1. The van der Waals surface area contributed by atoms with Gasteiger partial charge in [0.05, 0.1) is 0 Å². The van der Waals surface area contributed by atoms with Crippen LogP contribution in [0.1, 0.15) is 0 Å². The molecular weight excluding hydrogens is 165 g/mol. The summed E-state index contributed by atoms with van der Waals surface area (Å²) in [7, 11) is 4.85. The van der Waals surface area contributed by atoms with E-state index in [1.165, 1.54) is 0 Å². The van der Waals surface area contributed by atoms with Crippen molar-refractivity contribution in [2.75, 3.05) is 0 Å². The van der Waals surface area contributed by atoms with Gasteiger partial charge in [0.2, 0.25) is 7.98 Å². The minimum absolute atomic E-state index is 0.221. The first-order chi connectivity index (χ1) is 5.52. The first kappa shape index (κ1) is 7.02. The van der Waals surface area contributed by atoms with Gasteiger partial charge < -0.3 is 9.55 Å². The lowest BCUT2D eigenvalue weighted by Gasteiger charge is -2.45. The van der Waals surface area contributed by atoms with Gasteiger partial charge in [0.1, 0.15) is 0 Å². The van der Waals surface area contributed by atoms with Crippen molar-refractivity contribution in [2.45, 2.75) is 0 Å². The molecule has 2 aliphatic heterocycles. The van der Waals surface area contributed by atoms with Gasteiger partial charge in [-0.15, -0.1) is 0 Å². The van der Waals surface area contributed by atoms with E-state index in [-0.39, 0.29) is 4.81 Å². The molecule has 0 aromatic rings. The lowest BCUT2D eigenvalue weighted by atomic mass is 9.72. The van der Waals surface area contributed by atoms with E-state index < -0.39 is 29.2 Å². The van der Waals surface area contributed by atoms with E-state index in [0.717, 1.165) is 0 Å². The molecule has 0 N–H and O–H groups in total. The Morgan fingerprint density at radius 1 is 1.08 bits per heavy atom. The van der Waals surface area contributed by atoms with Gasteiger partial charge in [0.15, 0.2) is 0 Å². The van der Waals surface area contributed by atoms with Crippen LogP contribution in [0.5, 0.6) is 0 Å². The van der Waals surface area contributed by atoms with E-state index in [1.54, 1.807) is 0 Å². The number of β-lactam (4-membered cyclic amide) rings is 2. The smallest absolute Gasteiger partial charge is 0.350 e. The summed E-state index contributed by atoms with van der Waals surface area (Å²) in [6.07, 6.45) is 0. The standard InChI is InChI=1S/C5BNO5/c6-7-1(8)5(2(7)9)3(10)12-4(5)11. The Hall–Kier alpha value is -1.66. The minimum Gasteiger partial charge on any atom is -0.390 e. The van der Waals surface area contributed by atoms with E-state index in [4.69, 9.17) is 7.98 Å². The molecular formula is C5BNO5. The van der Waals surface area contributed by atoms with Crippen LogP contribution in [0.15, 0.2) is 0 Å². The van der Waals surface area contributed by atoms with Crippen molar-refractivity contribution in [3.63, 3.8) is 0 Å². The number of carbonyl (C=O) groups excluding carboxylic acids is 4. The van der Waals surface area contributed by atoms with Crippen molar-refractivity contribution >= 4 is 31.7 Å². The van der Waals surface area contributed by atoms with Crippen LogP contribution >= 0.6 is 0 Å². The van der Waals surface area contributed by atoms with Crippen molar-refractivity contribution in [1.29, 1.82) is 0 Å². The average molecular weight is 165 g/mol. The number of cyclic esters (lactones) is 2. The van der Waals surface area contributed by atoms with Crippen LogP contribution in [0.3, 0.4) is 0 Å². The van der Waals surface area contributed by atoms with Crippen LogP contribution in [0.4, 0.5) is 0 Å². The SMILES string of the molecule is [B]N1C(=O)C2(C(=O)OC2=O)C1=O. The van der Waals surface area contributed by atoms with Gasteiger partial charge in [-0.1, -0.05) is 0 Å². The summed E-state index contributed by atoms with van der Waals surface area (Å²) in [6.45, 7) is 0. The largest absolute Gasteiger partial charge is 0.390 e. The molecule has 2 rings (SSSR count). The molecule has 0 aliphatic carbocycles. The third kappa shape index (κ3) is 0.382. The summed E-state index contributed by atoms with van der Waals surface area (Å²) >= 11 is 0. The van der Waals surface area contributed by atoms with Crippen LogP contribution < -0.4 is 0 Å². The Balaban J connectivity index is 2.47. The molecule has 2 fully saturated rings. The fraction of sp³-hybridized carbons (Fsp3) is 0.200. The quantitative estimate of drug-likeness (QED) is 0.171. The summed E-state index contributed by atoms with van der Waals surface area (Å²) in [5.41, 5.74) is -2.23. The lowest BCUT2D eigenvalue weighted by Crippen LogP contribution is -2.78. The van der Waals surface area contributed by atoms with Crippen molar-refractivity contribution in [1.82, 2.24) is 4.81 Å². The molecule has 0 aromatic heterocycles. The van der Waals surface area contributed by atoms with E-state index in [0.29, 0.717) is 0 Å². The summed E-state index contributed by atoms with van der Waals surface area (Å²) in [6, 6.07) is 0. The van der Waals surface area contributed by atoms with E-state index >= 15 is 0 Å². The fourth-order valence-electron chi connectivity index (χ4n) is 1.12. The van der Waals surface area contributed by atoms with Crippen molar-refractivity contribution < 1.29 is 23.9 Å². The fourth-order valence-corrected chi connectivity index (χ4v) is 1.12. The molecule has 2 aliphatic rings. The zero-order valence-electron chi connectivity index (χ0n) is 5.57. The maximum absolute atomic E-state index is 10.9. The summed E-state index contributed by atoms with van der Waals surface area (Å²) < 4.78 is 3.88. The van der Waals surface area contributed by atoms with Crippen molar-refractivity contribution in [3.8, 4) is 0 Å². The van der Waals surface area contributed by atoms with Crippen LogP contribution in [-0.2, 0) is 23.9 Å². The molecule has 0 aromatic carbocycles. The molecule has 0 saturated carbocycles. The Kier molecular flexibility index (Phi) is 0.920. The average Bonchev–Trinajstić information content (AvgIpc) is 2.04. The molecule has 2 heterocycles. The van der Waals surface area contributed by atoms with E-state index in [1.807, 2.05) is 0 Å². The topological polar surface area (TPSA) is 80.8 Å². The Bertz CT molecular complexity index is 316. The predicted octanol–water partition coefficient (Wildman–Crippen LogP) is -2.49. The molecule has 0 unspecified atom stereocenters. The Labute approximate surface area is 66.9 Å². The highest BCUT2D eigenvalue weighted by atomic mass is 16.6. The molecule has 2 radical (unpaired) electrons. The molecule has 2 saturated heterocycles.